The van der Waals surface area contributed by atoms with Crippen LogP contribution in [0.25, 0.3) is 32.4 Å². The van der Waals surface area contributed by atoms with Gasteiger partial charge >= 0.3 is 5.97 Å². The van der Waals surface area contributed by atoms with Crippen molar-refractivity contribution in [2.45, 2.75) is 13.0 Å². The number of carboxylic acid groups (broad SMARTS) is 1. The lowest BCUT2D eigenvalue weighted by molar-refractivity contribution is -0.137. The molecule has 2 aromatic heterocycles. The zero-order valence-electron chi connectivity index (χ0n) is 20.5. The summed E-state index contributed by atoms with van der Waals surface area (Å²) in [5, 5.41) is 10.4. The summed E-state index contributed by atoms with van der Waals surface area (Å²) in [4.78, 5) is 17.8. The van der Waals surface area contributed by atoms with E-state index in [0.717, 1.165) is 55.0 Å². The topological polar surface area (TPSA) is 73.6 Å². The van der Waals surface area contributed by atoms with Crippen LogP contribution in [0.1, 0.15) is 11.1 Å². The normalized spacial score (nSPS) is 10.9. The maximum atomic E-state index is 11.7. The third-order valence-corrected chi connectivity index (χ3v) is 7.25. The first kappa shape index (κ1) is 24.3. The van der Waals surface area contributed by atoms with Gasteiger partial charge in [-0.1, -0.05) is 30.3 Å². The highest BCUT2D eigenvalue weighted by atomic mass is 32.1. The van der Waals surface area contributed by atoms with Crippen LogP contribution in [-0.4, -0.2) is 34.8 Å². The van der Waals surface area contributed by atoms with Crippen LogP contribution >= 0.6 is 11.3 Å². The van der Waals surface area contributed by atoms with Gasteiger partial charge in [0.2, 0.25) is 0 Å². The number of thiazole rings is 1. The molecule has 0 atom stereocenters. The van der Waals surface area contributed by atoms with Crippen LogP contribution in [0.15, 0.2) is 91.1 Å². The van der Waals surface area contributed by atoms with Gasteiger partial charge in [0, 0.05) is 11.8 Å². The number of hydrogen-bond donors (Lipinski definition) is 1. The van der Waals surface area contributed by atoms with Gasteiger partial charge in [-0.05, 0) is 77.7 Å². The fourth-order valence-corrected chi connectivity index (χ4v) is 5.51. The number of methoxy groups -OCH3 is 2. The smallest absolute Gasteiger partial charge is 0.323 e. The Hall–Kier alpha value is -4.36. The number of benzene rings is 3. The second kappa shape index (κ2) is 10.7. The van der Waals surface area contributed by atoms with Gasteiger partial charge in [0.05, 0.1) is 30.5 Å². The Balaban J connectivity index is 1.67. The third-order valence-electron chi connectivity index (χ3n) is 6.14. The predicted octanol–water partition coefficient (Wildman–Crippen LogP) is 6.64. The highest BCUT2D eigenvalue weighted by molar-refractivity contribution is 7.19. The Morgan fingerprint density at radius 1 is 0.865 bits per heavy atom. The van der Waals surface area contributed by atoms with Crippen molar-refractivity contribution in [3.05, 3.63) is 102 Å². The predicted molar refractivity (Wildman–Crippen MR) is 146 cm³/mol. The maximum absolute atomic E-state index is 11.7. The molecule has 0 fully saturated rings. The molecule has 37 heavy (non-hydrogen) atoms. The van der Waals surface area contributed by atoms with Gasteiger partial charge in [0.15, 0.2) is 0 Å². The number of carbonyl (C=O) groups is 1. The molecule has 0 amide bonds. The Kier molecular flexibility index (Phi) is 7.05. The molecule has 0 aliphatic rings. The minimum absolute atomic E-state index is 0.139. The molecule has 0 unspecified atom stereocenters. The molecule has 0 bridgehead atoms. The van der Waals surface area contributed by atoms with Crippen molar-refractivity contribution in [3.63, 3.8) is 0 Å². The minimum Gasteiger partial charge on any atom is -0.497 e. The first-order chi connectivity index (χ1) is 18.1. The number of hydrogen-bond acceptors (Lipinski definition) is 5. The van der Waals surface area contributed by atoms with E-state index in [1.54, 1.807) is 30.1 Å². The van der Waals surface area contributed by atoms with Crippen LogP contribution in [0.3, 0.4) is 0 Å². The van der Waals surface area contributed by atoms with Gasteiger partial charge in [-0.25, -0.2) is 4.98 Å². The highest BCUT2D eigenvalue weighted by Gasteiger charge is 2.22. The van der Waals surface area contributed by atoms with Gasteiger partial charge in [0.1, 0.15) is 23.1 Å². The second-order valence-electron chi connectivity index (χ2n) is 8.53. The molecule has 186 valence electrons. The molecular weight excluding hydrogens is 484 g/mol. The number of aromatic nitrogens is 2. The van der Waals surface area contributed by atoms with Crippen LogP contribution in [0, 0.1) is 0 Å². The lowest BCUT2D eigenvalue weighted by Gasteiger charge is -2.08. The summed E-state index contributed by atoms with van der Waals surface area (Å²) in [6.07, 6.45) is 2.52. The summed E-state index contributed by atoms with van der Waals surface area (Å²) < 4.78 is 12.5. The summed E-state index contributed by atoms with van der Waals surface area (Å²) in [7, 11) is 3.29. The molecule has 6 nitrogen and oxygen atoms in total. The molecule has 0 aliphatic heterocycles. The molecule has 7 heteroatoms. The third kappa shape index (κ3) is 5.27. The Bertz CT molecular complexity index is 1440. The van der Waals surface area contributed by atoms with Crippen molar-refractivity contribution in [2.24, 2.45) is 0 Å². The standard InChI is InChI=1S/C30H26N2O4S/c1-35-24-12-8-21(9-13-24)27-29(22-10-14-25(36-2)15-11-22)37-30(31-27)28-23(16-17-32(28)19-26(33)34)18-20-6-4-3-5-7-20/h3-17H,18-19H2,1-2H3,(H,33,34). The highest BCUT2D eigenvalue weighted by Crippen LogP contribution is 2.42. The van der Waals surface area contributed by atoms with Crippen molar-refractivity contribution < 1.29 is 19.4 Å². The molecule has 5 aromatic rings. The quantitative estimate of drug-likeness (QED) is 0.241. The van der Waals surface area contributed by atoms with Gasteiger partial charge in [-0.3, -0.25) is 4.79 Å². The fraction of sp³-hybridized carbons (Fsp3) is 0.133. The van der Waals surface area contributed by atoms with Crippen molar-refractivity contribution >= 4 is 17.3 Å². The van der Waals surface area contributed by atoms with E-state index in [9.17, 15) is 9.90 Å². The van der Waals surface area contributed by atoms with Crippen molar-refractivity contribution in [1.29, 1.82) is 0 Å². The van der Waals surface area contributed by atoms with Gasteiger partial charge in [-0.2, -0.15) is 0 Å². The van der Waals surface area contributed by atoms with E-state index in [2.05, 4.69) is 12.1 Å². The molecular formula is C30H26N2O4S. The molecule has 1 N–H and O–H groups in total. The largest absolute Gasteiger partial charge is 0.497 e. The van der Waals surface area contributed by atoms with E-state index in [0.29, 0.717) is 6.42 Å². The summed E-state index contributed by atoms with van der Waals surface area (Å²) in [6.45, 7) is -0.139. The van der Waals surface area contributed by atoms with Crippen LogP contribution in [0.5, 0.6) is 11.5 Å². The number of ether oxygens (including phenoxy) is 2. The van der Waals surface area contributed by atoms with Crippen molar-refractivity contribution in [1.82, 2.24) is 9.55 Å². The molecule has 0 spiro atoms. The average Bonchev–Trinajstić information content (AvgIpc) is 3.53. The first-order valence-electron chi connectivity index (χ1n) is 11.8. The first-order valence-corrected chi connectivity index (χ1v) is 12.6. The molecule has 0 saturated carbocycles. The molecule has 0 aliphatic carbocycles. The fourth-order valence-electron chi connectivity index (χ4n) is 4.32. The monoisotopic (exact) mass is 510 g/mol. The summed E-state index contributed by atoms with van der Waals surface area (Å²) >= 11 is 1.56. The number of rotatable bonds is 9. The minimum atomic E-state index is -0.898. The maximum Gasteiger partial charge on any atom is 0.323 e. The van der Waals surface area contributed by atoms with Crippen molar-refractivity contribution in [3.8, 4) is 43.9 Å². The van der Waals surface area contributed by atoms with Crippen LogP contribution in [-0.2, 0) is 17.8 Å². The SMILES string of the molecule is COc1ccc(-c2nc(-c3c(Cc4ccccc4)ccn3CC(=O)O)sc2-c2ccc(OC)cc2)cc1. The summed E-state index contributed by atoms with van der Waals surface area (Å²) in [5.74, 6) is 0.649. The Labute approximate surface area is 219 Å². The van der Waals surface area contributed by atoms with Crippen LogP contribution in [0.4, 0.5) is 0 Å². The summed E-state index contributed by atoms with van der Waals surface area (Å²) in [6, 6.07) is 27.9. The molecule has 5 rings (SSSR count). The number of carboxylic acids is 1. The van der Waals surface area contributed by atoms with Gasteiger partial charge < -0.3 is 19.1 Å². The summed E-state index contributed by atoms with van der Waals surface area (Å²) in [5.41, 5.74) is 5.81. The molecule has 3 aromatic carbocycles. The van der Waals surface area contributed by atoms with E-state index in [-0.39, 0.29) is 6.54 Å². The lowest BCUT2D eigenvalue weighted by Crippen LogP contribution is -2.09. The molecule has 0 saturated heterocycles. The van der Waals surface area contributed by atoms with E-state index in [1.807, 2.05) is 79.0 Å². The van der Waals surface area contributed by atoms with Crippen LogP contribution < -0.4 is 9.47 Å². The molecule has 2 heterocycles. The van der Waals surface area contributed by atoms with Crippen molar-refractivity contribution in [2.75, 3.05) is 14.2 Å². The van der Waals surface area contributed by atoms with Gasteiger partial charge in [-0.15, -0.1) is 11.3 Å². The van der Waals surface area contributed by atoms with E-state index >= 15 is 0 Å². The van der Waals surface area contributed by atoms with Crippen LogP contribution in [0.2, 0.25) is 0 Å². The number of nitrogens with zero attached hydrogens (tertiary/aromatic N) is 2. The van der Waals surface area contributed by atoms with E-state index < -0.39 is 5.97 Å². The van der Waals surface area contributed by atoms with Gasteiger partial charge in [0.25, 0.3) is 0 Å². The molecule has 0 radical (unpaired) electrons. The zero-order valence-corrected chi connectivity index (χ0v) is 21.4. The number of aliphatic carboxylic acids is 1. The second-order valence-corrected chi connectivity index (χ2v) is 9.53. The van der Waals surface area contributed by atoms with E-state index in [4.69, 9.17) is 14.5 Å². The Morgan fingerprint density at radius 2 is 1.49 bits per heavy atom. The Morgan fingerprint density at radius 3 is 2.08 bits per heavy atom. The zero-order chi connectivity index (χ0) is 25.8. The van der Waals surface area contributed by atoms with E-state index in [1.165, 1.54) is 0 Å². The lowest BCUT2D eigenvalue weighted by atomic mass is 10.1. The average molecular weight is 511 g/mol.